The van der Waals surface area contributed by atoms with Crippen LogP contribution in [0.15, 0.2) is 18.2 Å². The zero-order valence-electron chi connectivity index (χ0n) is 9.08. The molecule has 0 aliphatic carbocycles. The van der Waals surface area contributed by atoms with E-state index in [1.807, 2.05) is 0 Å². The summed E-state index contributed by atoms with van der Waals surface area (Å²) in [6.07, 6.45) is 2.26. The Morgan fingerprint density at radius 2 is 2.38 bits per heavy atom. The fourth-order valence-corrected chi connectivity index (χ4v) is 3.37. The molecule has 0 fully saturated rings. The molecule has 0 spiro atoms. The highest BCUT2D eigenvalue weighted by Crippen LogP contribution is 2.23. The van der Waals surface area contributed by atoms with E-state index in [0.29, 0.717) is 9.76 Å². The molecule has 1 aromatic carbocycles. The molecule has 1 N–H and O–H groups in total. The van der Waals surface area contributed by atoms with Crippen LogP contribution in [0.25, 0.3) is 10.2 Å². The average molecular weight is 267 g/mol. The van der Waals surface area contributed by atoms with E-state index in [4.69, 9.17) is 16.6 Å². The van der Waals surface area contributed by atoms with Crippen LogP contribution in [0.5, 0.6) is 0 Å². The van der Waals surface area contributed by atoms with Crippen LogP contribution in [-0.2, 0) is 10.8 Å². The van der Waals surface area contributed by atoms with Gasteiger partial charge in [0.25, 0.3) is 0 Å². The van der Waals surface area contributed by atoms with Gasteiger partial charge in [-0.15, -0.1) is 11.3 Å². The third kappa shape index (κ3) is 2.79. The molecule has 2 rings (SSSR count). The molecule has 0 saturated carbocycles. The first-order valence-corrected chi connectivity index (χ1v) is 7.52. The maximum Gasteiger partial charge on any atom is 0.229 e. The van der Waals surface area contributed by atoms with Gasteiger partial charge in [-0.2, -0.15) is 0 Å². The van der Waals surface area contributed by atoms with Gasteiger partial charge in [-0.25, -0.2) is 0 Å². The second kappa shape index (κ2) is 5.72. The molecule has 0 saturated heterocycles. The minimum Gasteiger partial charge on any atom is -0.421 e. The number of fused-ring (bicyclic) bond motifs is 1. The van der Waals surface area contributed by atoms with Crippen molar-refractivity contribution in [1.29, 1.82) is 0 Å². The van der Waals surface area contributed by atoms with E-state index in [1.54, 1.807) is 18.4 Å². The van der Waals surface area contributed by atoms with E-state index in [9.17, 15) is 0 Å². The van der Waals surface area contributed by atoms with E-state index in [2.05, 4.69) is 23.2 Å². The van der Waals surface area contributed by atoms with Crippen molar-refractivity contribution in [2.24, 2.45) is 0 Å². The Morgan fingerprint density at radius 3 is 3.19 bits per heavy atom. The summed E-state index contributed by atoms with van der Waals surface area (Å²) in [5.74, 6) is 0. The lowest BCUT2D eigenvalue weighted by Gasteiger charge is -2.01. The predicted octanol–water partition coefficient (Wildman–Crippen LogP) is 3.58. The Morgan fingerprint density at radius 1 is 1.50 bits per heavy atom. The molecule has 0 bridgehead atoms. The molecular formula is C11H13NOS2Si. The van der Waals surface area contributed by atoms with Crippen LogP contribution >= 0.6 is 23.6 Å². The number of hydrogen-bond donors (Lipinski definition) is 1. The number of hydrogen-bond acceptors (Lipinski definition) is 3. The molecule has 1 aromatic heterocycles. The molecule has 0 aliphatic heterocycles. The highest BCUT2D eigenvalue weighted by Gasteiger charge is 2.03. The lowest BCUT2D eigenvalue weighted by molar-refractivity contribution is 0.439. The van der Waals surface area contributed by atoms with Crippen LogP contribution in [0, 0.1) is 3.95 Å². The third-order valence-corrected chi connectivity index (χ3v) is 4.46. The largest absolute Gasteiger partial charge is 0.421 e. The third-order valence-electron chi connectivity index (χ3n) is 2.41. The fraction of sp³-hybridized carbons (Fsp3) is 0.364. The summed E-state index contributed by atoms with van der Waals surface area (Å²) < 4.78 is 7.20. The molecule has 2 nitrogen and oxygen atoms in total. The number of benzene rings is 1. The van der Waals surface area contributed by atoms with Crippen molar-refractivity contribution >= 4 is 43.5 Å². The van der Waals surface area contributed by atoms with Crippen LogP contribution in [0.2, 0.25) is 6.04 Å². The molecular weight excluding hydrogens is 254 g/mol. The van der Waals surface area contributed by atoms with E-state index >= 15 is 0 Å². The second-order valence-corrected chi connectivity index (χ2v) is 6.42. The quantitative estimate of drug-likeness (QED) is 0.509. The summed E-state index contributed by atoms with van der Waals surface area (Å²) in [4.78, 5) is 3.27. The first-order valence-electron chi connectivity index (χ1n) is 5.18. The van der Waals surface area contributed by atoms with Crippen molar-refractivity contribution in [2.45, 2.75) is 18.9 Å². The lowest BCUT2D eigenvalue weighted by Crippen LogP contribution is -1.94. The maximum absolute atomic E-state index is 5.17. The van der Waals surface area contributed by atoms with Crippen molar-refractivity contribution in [2.75, 3.05) is 7.11 Å². The maximum atomic E-state index is 5.17. The van der Waals surface area contributed by atoms with Crippen molar-refractivity contribution in [3.8, 4) is 0 Å². The zero-order chi connectivity index (χ0) is 11.4. The monoisotopic (exact) mass is 267 g/mol. The number of aromatic nitrogens is 1. The summed E-state index contributed by atoms with van der Waals surface area (Å²) in [7, 11) is 2.38. The molecule has 2 radical (unpaired) electrons. The summed E-state index contributed by atoms with van der Waals surface area (Å²) in [5.41, 5.74) is 2.59. The summed E-state index contributed by atoms with van der Waals surface area (Å²) in [6, 6.07) is 7.54. The van der Waals surface area contributed by atoms with Gasteiger partial charge in [0.15, 0.2) is 3.95 Å². The average Bonchev–Trinajstić information content (AvgIpc) is 2.65. The van der Waals surface area contributed by atoms with Crippen LogP contribution in [0.3, 0.4) is 0 Å². The highest BCUT2D eigenvalue weighted by atomic mass is 32.1. The van der Waals surface area contributed by atoms with Gasteiger partial charge in [0, 0.05) is 7.11 Å². The number of aromatic amines is 1. The number of aryl methyl sites for hydroxylation is 1. The van der Waals surface area contributed by atoms with Crippen molar-refractivity contribution in [3.05, 3.63) is 27.7 Å². The normalized spacial score (nSPS) is 11.1. The van der Waals surface area contributed by atoms with Crippen molar-refractivity contribution < 1.29 is 4.43 Å². The van der Waals surface area contributed by atoms with E-state index < -0.39 is 0 Å². The van der Waals surface area contributed by atoms with E-state index in [-0.39, 0.29) is 0 Å². The smallest absolute Gasteiger partial charge is 0.229 e. The molecule has 0 amide bonds. The van der Waals surface area contributed by atoms with Crippen LogP contribution in [-0.4, -0.2) is 21.9 Å². The van der Waals surface area contributed by atoms with Gasteiger partial charge < -0.3 is 9.41 Å². The van der Waals surface area contributed by atoms with Gasteiger partial charge >= 0.3 is 0 Å². The lowest BCUT2D eigenvalue weighted by atomic mass is 10.1. The number of rotatable bonds is 5. The van der Waals surface area contributed by atoms with Crippen LogP contribution in [0.4, 0.5) is 0 Å². The number of nitrogens with one attached hydrogen (secondary N) is 1. The summed E-state index contributed by atoms with van der Waals surface area (Å²) in [6.45, 7) is 0. The molecule has 2 aromatic rings. The molecule has 0 aliphatic rings. The Balaban J connectivity index is 2.14. The topological polar surface area (TPSA) is 25.0 Å². The van der Waals surface area contributed by atoms with Crippen molar-refractivity contribution in [3.63, 3.8) is 0 Å². The molecule has 0 unspecified atom stereocenters. The molecule has 1 heterocycles. The zero-order valence-corrected chi connectivity index (χ0v) is 11.7. The van der Waals surface area contributed by atoms with Gasteiger partial charge in [0.1, 0.15) is 0 Å². The van der Waals surface area contributed by atoms with Gasteiger partial charge in [0.2, 0.25) is 9.76 Å². The second-order valence-electron chi connectivity index (χ2n) is 3.51. The Bertz CT molecular complexity index is 520. The van der Waals surface area contributed by atoms with Gasteiger partial charge in [-0.3, -0.25) is 0 Å². The minimum absolute atomic E-state index is 0.621. The highest BCUT2D eigenvalue weighted by molar-refractivity contribution is 7.73. The number of H-pyrrole nitrogens is 1. The van der Waals surface area contributed by atoms with Crippen molar-refractivity contribution in [1.82, 2.24) is 4.98 Å². The minimum atomic E-state index is 0.621. The van der Waals surface area contributed by atoms with E-state index in [1.165, 1.54) is 22.2 Å². The first kappa shape index (κ1) is 12.0. The number of thiazole rings is 1. The molecule has 16 heavy (non-hydrogen) atoms. The summed E-state index contributed by atoms with van der Waals surface area (Å²) in [5, 5.41) is 0. The van der Waals surface area contributed by atoms with Gasteiger partial charge in [-0.05, 0) is 42.7 Å². The van der Waals surface area contributed by atoms with Crippen LogP contribution in [0.1, 0.15) is 12.0 Å². The molecule has 5 heteroatoms. The van der Waals surface area contributed by atoms with Gasteiger partial charge in [-0.1, -0.05) is 12.1 Å². The standard InChI is InChI=1S/C11H13NOS2Si/c1-13-16-7-3-5-8-4-2-6-9-10(8)12-11(14)15-9/h2,4,6H,3,5,7H2,1H3,(H,12,14). The Hall–Kier alpha value is -0.493. The SMILES string of the molecule is CO[Si]CCCc1cccc2sc(=S)[nH]c12. The van der Waals surface area contributed by atoms with Crippen LogP contribution < -0.4 is 0 Å². The van der Waals surface area contributed by atoms with Gasteiger partial charge in [0.05, 0.1) is 10.2 Å². The number of para-hydroxylation sites is 1. The van der Waals surface area contributed by atoms with E-state index in [0.717, 1.165) is 16.4 Å². The molecule has 84 valence electrons. The Labute approximate surface area is 107 Å². The fourth-order valence-electron chi connectivity index (χ4n) is 1.69. The molecule has 0 atom stereocenters. The first-order chi connectivity index (χ1) is 7.81. The predicted molar refractivity (Wildman–Crippen MR) is 72.9 cm³/mol. The summed E-state index contributed by atoms with van der Waals surface area (Å²) >= 11 is 6.82. The Kier molecular flexibility index (Phi) is 4.28.